The first-order valence-electron chi connectivity index (χ1n) is 9.83. The van der Waals surface area contributed by atoms with Gasteiger partial charge in [-0.15, -0.1) is 10.2 Å². The zero-order valence-electron chi connectivity index (χ0n) is 17.1. The first kappa shape index (κ1) is 22.5. The lowest BCUT2D eigenvalue weighted by atomic mass is 10.1. The van der Waals surface area contributed by atoms with Gasteiger partial charge in [0.05, 0.1) is 10.5 Å². The predicted octanol–water partition coefficient (Wildman–Crippen LogP) is 6.08. The number of para-hydroxylation sites is 1. The number of halogens is 3. The molecule has 1 aromatic heterocycles. The number of rotatable bonds is 7. The molecule has 4 aromatic rings. The van der Waals surface area contributed by atoms with E-state index in [9.17, 15) is 23.3 Å². The molecule has 6 nitrogen and oxygen atoms in total. The summed E-state index contributed by atoms with van der Waals surface area (Å²) in [5, 5.41) is 19.9. The number of aromatic nitrogens is 3. The van der Waals surface area contributed by atoms with Crippen molar-refractivity contribution in [2.24, 2.45) is 0 Å². The molecule has 0 unspecified atom stereocenters. The zero-order valence-corrected chi connectivity index (χ0v) is 17.9. The van der Waals surface area contributed by atoms with Crippen LogP contribution >= 0.6 is 11.8 Å². The molecular formula is C23H17F3N4O2S. The number of nitro benzene ring substituents is 1. The van der Waals surface area contributed by atoms with Crippen LogP contribution < -0.4 is 0 Å². The van der Waals surface area contributed by atoms with Gasteiger partial charge in [-0.05, 0) is 29.3 Å². The molecule has 0 radical (unpaired) electrons. The maximum Gasteiger partial charge on any atom is 0.416 e. The van der Waals surface area contributed by atoms with Gasteiger partial charge < -0.3 is 0 Å². The lowest BCUT2D eigenvalue weighted by Crippen LogP contribution is -2.07. The standard InChI is InChI=1S/C23H17F3N4O2S/c24-23(25,26)18-6-4-5-17(13-18)14-21-27-28-22(29(21)19-7-2-1-3-8-19)33-15-16-9-11-20(12-10-16)30(31)32/h1-13H,14-15H2. The molecule has 0 aliphatic rings. The molecule has 0 bridgehead atoms. The Balaban J connectivity index is 1.62. The van der Waals surface area contributed by atoms with Crippen molar-refractivity contribution in [1.82, 2.24) is 14.8 Å². The Morgan fingerprint density at radius 3 is 2.30 bits per heavy atom. The van der Waals surface area contributed by atoms with Crippen LogP contribution in [0.5, 0.6) is 0 Å². The summed E-state index contributed by atoms with van der Waals surface area (Å²) in [4.78, 5) is 10.4. The summed E-state index contributed by atoms with van der Waals surface area (Å²) in [5.74, 6) is 0.999. The van der Waals surface area contributed by atoms with Crippen LogP contribution in [0.15, 0.2) is 84.0 Å². The molecule has 0 saturated heterocycles. The van der Waals surface area contributed by atoms with E-state index in [1.54, 1.807) is 18.2 Å². The van der Waals surface area contributed by atoms with E-state index in [-0.39, 0.29) is 12.1 Å². The summed E-state index contributed by atoms with van der Waals surface area (Å²) in [6.07, 6.45) is -4.25. The summed E-state index contributed by atoms with van der Waals surface area (Å²) in [6, 6.07) is 20.7. The van der Waals surface area contributed by atoms with Gasteiger partial charge in [-0.1, -0.05) is 60.3 Å². The fourth-order valence-corrected chi connectivity index (χ4v) is 4.17. The van der Waals surface area contributed by atoms with Crippen LogP contribution in [0, 0.1) is 10.1 Å². The second-order valence-corrected chi connectivity index (χ2v) is 8.10. The van der Waals surface area contributed by atoms with Crippen LogP contribution in [0.3, 0.4) is 0 Å². The van der Waals surface area contributed by atoms with Crippen molar-refractivity contribution >= 4 is 17.4 Å². The molecule has 0 aliphatic carbocycles. The fraction of sp³-hybridized carbons (Fsp3) is 0.130. The van der Waals surface area contributed by atoms with Crippen LogP contribution in [-0.4, -0.2) is 19.7 Å². The average molecular weight is 470 g/mol. The molecule has 0 atom stereocenters. The van der Waals surface area contributed by atoms with Gasteiger partial charge >= 0.3 is 6.18 Å². The molecule has 10 heteroatoms. The molecule has 1 heterocycles. The Hall–Kier alpha value is -3.66. The van der Waals surface area contributed by atoms with Gasteiger partial charge in [0, 0.05) is 30.0 Å². The number of thioether (sulfide) groups is 1. The minimum Gasteiger partial charge on any atom is -0.274 e. The third kappa shape index (κ3) is 5.40. The van der Waals surface area contributed by atoms with Crippen LogP contribution in [0.2, 0.25) is 0 Å². The van der Waals surface area contributed by atoms with Gasteiger partial charge in [0.15, 0.2) is 5.16 Å². The van der Waals surface area contributed by atoms with E-state index in [1.807, 2.05) is 34.9 Å². The normalized spacial score (nSPS) is 11.5. The van der Waals surface area contributed by atoms with E-state index in [0.717, 1.165) is 23.4 Å². The minimum atomic E-state index is -4.42. The zero-order chi connectivity index (χ0) is 23.4. The van der Waals surface area contributed by atoms with Crippen LogP contribution in [0.1, 0.15) is 22.5 Å². The Bertz CT molecular complexity index is 1260. The third-order valence-corrected chi connectivity index (χ3v) is 5.85. The molecule has 0 spiro atoms. The minimum absolute atomic E-state index is 0.0135. The Morgan fingerprint density at radius 2 is 1.64 bits per heavy atom. The van der Waals surface area contributed by atoms with Crippen molar-refractivity contribution in [1.29, 1.82) is 0 Å². The molecule has 33 heavy (non-hydrogen) atoms. The summed E-state index contributed by atoms with van der Waals surface area (Å²) >= 11 is 1.39. The highest BCUT2D eigenvalue weighted by molar-refractivity contribution is 7.98. The van der Waals surface area contributed by atoms with Crippen molar-refractivity contribution in [3.05, 3.63) is 111 Å². The SMILES string of the molecule is O=[N+]([O-])c1ccc(CSc2nnc(Cc3cccc(C(F)(F)F)c3)n2-c2ccccc2)cc1. The van der Waals surface area contributed by atoms with Crippen molar-refractivity contribution in [2.45, 2.75) is 23.5 Å². The number of non-ortho nitro benzene ring substituents is 1. The number of hydrogen-bond donors (Lipinski definition) is 0. The van der Waals surface area contributed by atoms with E-state index in [4.69, 9.17) is 0 Å². The number of nitro groups is 1. The highest BCUT2D eigenvalue weighted by Gasteiger charge is 2.30. The second kappa shape index (κ2) is 9.45. The van der Waals surface area contributed by atoms with Crippen LogP contribution in [-0.2, 0) is 18.3 Å². The van der Waals surface area contributed by atoms with Gasteiger partial charge in [0.1, 0.15) is 5.82 Å². The van der Waals surface area contributed by atoms with Gasteiger partial charge in [0.25, 0.3) is 5.69 Å². The second-order valence-electron chi connectivity index (χ2n) is 7.16. The highest BCUT2D eigenvalue weighted by Crippen LogP contribution is 2.31. The fourth-order valence-electron chi connectivity index (χ4n) is 3.25. The van der Waals surface area contributed by atoms with E-state index in [0.29, 0.717) is 22.3 Å². The van der Waals surface area contributed by atoms with Crippen molar-refractivity contribution in [2.75, 3.05) is 0 Å². The van der Waals surface area contributed by atoms with Crippen LogP contribution in [0.25, 0.3) is 5.69 Å². The topological polar surface area (TPSA) is 73.8 Å². The quantitative estimate of drug-likeness (QED) is 0.186. The van der Waals surface area contributed by atoms with Gasteiger partial charge in [-0.2, -0.15) is 13.2 Å². The molecule has 3 aromatic carbocycles. The lowest BCUT2D eigenvalue weighted by Gasteiger charge is -2.12. The number of alkyl halides is 3. The maximum atomic E-state index is 13.1. The molecular weight excluding hydrogens is 453 g/mol. The molecule has 168 valence electrons. The average Bonchev–Trinajstić information content (AvgIpc) is 3.20. The molecule has 0 fully saturated rings. The molecule has 0 amide bonds. The molecule has 0 N–H and O–H groups in total. The Kier molecular flexibility index (Phi) is 6.45. The van der Waals surface area contributed by atoms with Crippen molar-refractivity contribution in [3.8, 4) is 5.69 Å². The summed E-state index contributed by atoms with van der Waals surface area (Å²) in [7, 11) is 0. The number of nitrogens with zero attached hydrogens (tertiary/aromatic N) is 4. The van der Waals surface area contributed by atoms with Crippen molar-refractivity contribution < 1.29 is 18.1 Å². The Morgan fingerprint density at radius 1 is 0.909 bits per heavy atom. The Labute approximate surface area is 191 Å². The number of benzene rings is 3. The van der Waals surface area contributed by atoms with E-state index in [1.165, 1.54) is 30.0 Å². The van der Waals surface area contributed by atoms with Gasteiger partial charge in [-0.25, -0.2) is 0 Å². The summed E-state index contributed by atoms with van der Waals surface area (Å²) in [5.41, 5.74) is 1.43. The molecule has 0 aliphatic heterocycles. The van der Waals surface area contributed by atoms with Gasteiger partial charge in [0.2, 0.25) is 0 Å². The smallest absolute Gasteiger partial charge is 0.274 e. The largest absolute Gasteiger partial charge is 0.416 e. The molecule has 0 saturated carbocycles. The molecule has 4 rings (SSSR count). The summed E-state index contributed by atoms with van der Waals surface area (Å²) in [6.45, 7) is 0. The van der Waals surface area contributed by atoms with Crippen molar-refractivity contribution in [3.63, 3.8) is 0 Å². The monoisotopic (exact) mass is 470 g/mol. The third-order valence-electron chi connectivity index (χ3n) is 4.85. The first-order valence-corrected chi connectivity index (χ1v) is 10.8. The maximum absolute atomic E-state index is 13.1. The first-order chi connectivity index (χ1) is 15.8. The number of hydrogen-bond acceptors (Lipinski definition) is 5. The summed E-state index contributed by atoms with van der Waals surface area (Å²) < 4.78 is 41.2. The predicted molar refractivity (Wildman–Crippen MR) is 118 cm³/mol. The lowest BCUT2D eigenvalue weighted by molar-refractivity contribution is -0.384. The van der Waals surface area contributed by atoms with E-state index >= 15 is 0 Å². The van der Waals surface area contributed by atoms with Gasteiger partial charge in [-0.3, -0.25) is 14.7 Å². The van der Waals surface area contributed by atoms with E-state index in [2.05, 4.69) is 10.2 Å². The highest BCUT2D eigenvalue weighted by atomic mass is 32.2. The van der Waals surface area contributed by atoms with E-state index < -0.39 is 16.7 Å². The van der Waals surface area contributed by atoms with Crippen LogP contribution in [0.4, 0.5) is 18.9 Å².